The van der Waals surface area contributed by atoms with E-state index in [1.54, 1.807) is 42.1 Å². The maximum atomic E-state index is 12.6. The minimum absolute atomic E-state index is 0.265. The number of anilines is 1. The van der Waals surface area contributed by atoms with E-state index in [-0.39, 0.29) is 5.91 Å². The van der Waals surface area contributed by atoms with Crippen LogP contribution < -0.4 is 5.32 Å². The fourth-order valence-corrected chi connectivity index (χ4v) is 2.92. The first-order chi connectivity index (χ1) is 14.6. The van der Waals surface area contributed by atoms with Crippen molar-refractivity contribution in [2.24, 2.45) is 0 Å². The molecule has 4 rings (SSSR count). The van der Waals surface area contributed by atoms with Crippen LogP contribution in [0.15, 0.2) is 59.3 Å². The number of nitrogens with one attached hydrogen (secondary N) is 1. The van der Waals surface area contributed by atoms with E-state index < -0.39 is 0 Å². The number of aromatic nitrogens is 4. The summed E-state index contributed by atoms with van der Waals surface area (Å²) in [5.41, 5.74) is 3.86. The fraction of sp³-hybridized carbons (Fsp3) is 0.136. The van der Waals surface area contributed by atoms with Crippen LogP contribution in [0.25, 0.3) is 17.1 Å². The van der Waals surface area contributed by atoms with Gasteiger partial charge in [-0.25, -0.2) is 4.68 Å². The summed E-state index contributed by atoms with van der Waals surface area (Å²) >= 11 is 0. The highest BCUT2D eigenvalue weighted by molar-refractivity contribution is 6.04. The maximum Gasteiger partial charge on any atom is 0.259 e. The van der Waals surface area contributed by atoms with Crippen LogP contribution in [-0.2, 0) is 6.42 Å². The lowest BCUT2D eigenvalue weighted by molar-refractivity contribution is 0.102. The summed E-state index contributed by atoms with van der Waals surface area (Å²) in [6.45, 7) is 3.74. The molecule has 8 nitrogen and oxygen atoms in total. The Morgan fingerprint density at radius 3 is 2.53 bits per heavy atom. The van der Waals surface area contributed by atoms with Gasteiger partial charge < -0.3 is 9.84 Å². The first-order valence-corrected chi connectivity index (χ1v) is 9.38. The van der Waals surface area contributed by atoms with E-state index in [4.69, 9.17) is 9.78 Å². The molecule has 1 N–H and O–H groups in total. The molecule has 0 fully saturated rings. The number of nitriles is 1. The minimum Gasteiger partial charge on any atom is -0.339 e. The Bertz CT molecular complexity index is 1230. The third-order valence-corrected chi connectivity index (χ3v) is 4.58. The van der Waals surface area contributed by atoms with E-state index in [1.807, 2.05) is 37.3 Å². The van der Waals surface area contributed by atoms with Crippen molar-refractivity contribution >= 4 is 11.6 Å². The molecule has 0 aliphatic carbocycles. The van der Waals surface area contributed by atoms with Crippen LogP contribution in [0.5, 0.6) is 0 Å². The Kier molecular flexibility index (Phi) is 5.09. The molecule has 0 aliphatic rings. The third-order valence-electron chi connectivity index (χ3n) is 4.58. The van der Waals surface area contributed by atoms with Crippen LogP contribution in [0.2, 0.25) is 0 Å². The van der Waals surface area contributed by atoms with Crippen molar-refractivity contribution in [1.29, 1.82) is 5.26 Å². The summed E-state index contributed by atoms with van der Waals surface area (Å²) in [6.07, 6.45) is 2.37. The number of nitrogens with zero attached hydrogens (tertiary/aromatic N) is 5. The van der Waals surface area contributed by atoms with E-state index in [0.29, 0.717) is 40.6 Å². The van der Waals surface area contributed by atoms with Gasteiger partial charge in [0.25, 0.3) is 5.91 Å². The molecule has 0 saturated carbocycles. The standard InChI is InChI=1S/C22H18N6O2/c1-3-20-25-21(27-30-20)16-6-10-18(11-7-16)28-13-19(14(2)26-28)22(29)24-17-8-4-15(12-23)5-9-17/h4-11,13H,3H2,1-2H3,(H,24,29). The highest BCUT2D eigenvalue weighted by atomic mass is 16.5. The smallest absolute Gasteiger partial charge is 0.259 e. The number of rotatable bonds is 5. The zero-order chi connectivity index (χ0) is 21.1. The van der Waals surface area contributed by atoms with Gasteiger partial charge in [0, 0.05) is 23.9 Å². The highest BCUT2D eigenvalue weighted by Gasteiger charge is 2.15. The van der Waals surface area contributed by atoms with Crippen LogP contribution in [0.3, 0.4) is 0 Å². The molecule has 1 amide bonds. The molecule has 30 heavy (non-hydrogen) atoms. The molecule has 2 heterocycles. The van der Waals surface area contributed by atoms with Crippen molar-refractivity contribution in [2.75, 3.05) is 5.32 Å². The number of carbonyl (C=O) groups is 1. The van der Waals surface area contributed by atoms with Crippen molar-refractivity contribution in [3.8, 4) is 23.1 Å². The molecule has 0 unspecified atom stereocenters. The van der Waals surface area contributed by atoms with Gasteiger partial charge in [-0.2, -0.15) is 15.3 Å². The zero-order valence-corrected chi connectivity index (χ0v) is 16.5. The monoisotopic (exact) mass is 398 g/mol. The van der Waals surface area contributed by atoms with E-state index in [9.17, 15) is 4.79 Å². The van der Waals surface area contributed by atoms with Gasteiger partial charge in [-0.3, -0.25) is 4.79 Å². The third kappa shape index (κ3) is 3.82. The number of aryl methyl sites for hydroxylation is 2. The minimum atomic E-state index is -0.265. The first kappa shape index (κ1) is 19.1. The molecule has 148 valence electrons. The number of carbonyl (C=O) groups excluding carboxylic acids is 1. The largest absolute Gasteiger partial charge is 0.339 e. The lowest BCUT2D eigenvalue weighted by Crippen LogP contribution is -2.12. The van der Waals surface area contributed by atoms with Gasteiger partial charge in [0.1, 0.15) is 0 Å². The Balaban J connectivity index is 1.52. The molecular weight excluding hydrogens is 380 g/mol. The molecule has 2 aromatic carbocycles. The highest BCUT2D eigenvalue weighted by Crippen LogP contribution is 2.20. The second kappa shape index (κ2) is 8.01. The average Bonchev–Trinajstić information content (AvgIpc) is 3.41. The van der Waals surface area contributed by atoms with Gasteiger partial charge in [0.2, 0.25) is 11.7 Å². The van der Waals surface area contributed by atoms with Crippen molar-refractivity contribution in [2.45, 2.75) is 20.3 Å². The first-order valence-electron chi connectivity index (χ1n) is 9.38. The van der Waals surface area contributed by atoms with Gasteiger partial charge in [0.05, 0.1) is 28.6 Å². The summed E-state index contributed by atoms with van der Waals surface area (Å²) < 4.78 is 6.80. The van der Waals surface area contributed by atoms with E-state index >= 15 is 0 Å². The van der Waals surface area contributed by atoms with Crippen molar-refractivity contribution in [3.63, 3.8) is 0 Å². The maximum absolute atomic E-state index is 12.6. The summed E-state index contributed by atoms with van der Waals surface area (Å²) in [5.74, 6) is 0.867. The van der Waals surface area contributed by atoms with Crippen molar-refractivity contribution in [1.82, 2.24) is 19.9 Å². The van der Waals surface area contributed by atoms with Gasteiger partial charge in [-0.15, -0.1) is 0 Å². The van der Waals surface area contributed by atoms with Gasteiger partial charge in [0.15, 0.2) is 0 Å². The topological polar surface area (TPSA) is 110 Å². The van der Waals surface area contributed by atoms with Crippen LogP contribution >= 0.6 is 0 Å². The molecule has 0 aliphatic heterocycles. The molecule has 0 radical (unpaired) electrons. The quantitative estimate of drug-likeness (QED) is 0.546. The Morgan fingerprint density at radius 1 is 1.17 bits per heavy atom. The van der Waals surface area contributed by atoms with Crippen molar-refractivity contribution < 1.29 is 9.32 Å². The normalized spacial score (nSPS) is 10.6. The predicted octanol–water partition coefficient (Wildman–Crippen LogP) is 3.92. The summed E-state index contributed by atoms with van der Waals surface area (Å²) in [7, 11) is 0. The van der Waals surface area contributed by atoms with Crippen LogP contribution in [-0.4, -0.2) is 25.8 Å². The molecule has 2 aromatic heterocycles. The van der Waals surface area contributed by atoms with Gasteiger partial charge >= 0.3 is 0 Å². The molecule has 8 heteroatoms. The Labute approximate surface area is 172 Å². The summed E-state index contributed by atoms with van der Waals surface area (Å²) in [6, 6.07) is 16.3. The van der Waals surface area contributed by atoms with Crippen LogP contribution in [0.4, 0.5) is 5.69 Å². The molecular formula is C22H18N6O2. The molecule has 0 bridgehead atoms. The van der Waals surface area contributed by atoms with Gasteiger partial charge in [-0.05, 0) is 55.5 Å². The lowest BCUT2D eigenvalue weighted by atomic mass is 10.2. The van der Waals surface area contributed by atoms with E-state index in [0.717, 1.165) is 11.3 Å². The Hall–Kier alpha value is -4.25. The summed E-state index contributed by atoms with van der Waals surface area (Å²) in [4.78, 5) is 17.0. The molecule has 0 spiro atoms. The number of benzene rings is 2. The number of amides is 1. The van der Waals surface area contributed by atoms with E-state index in [2.05, 4.69) is 20.6 Å². The lowest BCUT2D eigenvalue weighted by Gasteiger charge is -2.04. The van der Waals surface area contributed by atoms with Gasteiger partial charge in [-0.1, -0.05) is 12.1 Å². The zero-order valence-electron chi connectivity index (χ0n) is 16.5. The average molecular weight is 398 g/mol. The van der Waals surface area contributed by atoms with Crippen LogP contribution in [0, 0.1) is 18.3 Å². The predicted molar refractivity (Wildman–Crippen MR) is 110 cm³/mol. The number of hydrogen-bond donors (Lipinski definition) is 1. The van der Waals surface area contributed by atoms with Crippen LogP contribution in [0.1, 0.15) is 34.4 Å². The van der Waals surface area contributed by atoms with E-state index in [1.165, 1.54) is 0 Å². The second-order valence-electron chi connectivity index (χ2n) is 6.63. The fourth-order valence-electron chi connectivity index (χ4n) is 2.92. The Morgan fingerprint density at radius 2 is 1.90 bits per heavy atom. The molecule has 4 aromatic rings. The number of hydrogen-bond acceptors (Lipinski definition) is 6. The SMILES string of the molecule is CCc1nc(-c2ccc(-n3cc(C(=O)Nc4ccc(C#N)cc4)c(C)n3)cc2)no1. The molecule has 0 saturated heterocycles. The second-order valence-corrected chi connectivity index (χ2v) is 6.63. The molecule has 0 atom stereocenters. The summed E-state index contributed by atoms with van der Waals surface area (Å²) in [5, 5.41) is 20.1. The van der Waals surface area contributed by atoms with Crippen molar-refractivity contribution in [3.05, 3.63) is 77.4 Å².